The van der Waals surface area contributed by atoms with Crippen molar-refractivity contribution in [2.24, 2.45) is 17.8 Å². The number of aliphatic hydroxyl groups is 1. The van der Waals surface area contributed by atoms with Gasteiger partial charge in [-0.1, -0.05) is 218 Å². The number of unbranched alkanes of at least 4 members (excludes halogenated alkanes) is 21. The summed E-state index contributed by atoms with van der Waals surface area (Å²) in [5.74, 6) is 2.48. The summed E-state index contributed by atoms with van der Waals surface area (Å²) in [4.78, 5) is 2.71. The van der Waals surface area contributed by atoms with Gasteiger partial charge in [0.05, 0.1) is 6.26 Å². The monoisotopic (exact) mass is 809 g/mol. The third-order valence-electron chi connectivity index (χ3n) is 12.7. The van der Waals surface area contributed by atoms with Crippen LogP contribution < -0.4 is 5.32 Å². The van der Waals surface area contributed by atoms with E-state index in [1.807, 2.05) is 0 Å². The van der Waals surface area contributed by atoms with Crippen LogP contribution in [0.15, 0.2) is 61.6 Å². The molecule has 0 bridgehead atoms. The van der Waals surface area contributed by atoms with Crippen LogP contribution in [-0.2, 0) is 0 Å². The smallest absolute Gasteiger partial charge is 0.0719 e. The molecule has 2 N–H and O–H groups in total. The number of nitrogens with zero attached hydrogens (tertiary/aromatic N) is 1. The molecular formula is C55H104N2O. The molecule has 1 fully saturated rings. The average Bonchev–Trinajstić information content (AvgIpc) is 3.21. The Morgan fingerprint density at radius 1 is 0.603 bits per heavy atom. The van der Waals surface area contributed by atoms with Crippen LogP contribution in [0.4, 0.5) is 0 Å². The second-order valence-electron chi connectivity index (χ2n) is 18.4. The van der Waals surface area contributed by atoms with Crippen molar-refractivity contribution < 1.29 is 5.11 Å². The second-order valence-corrected chi connectivity index (χ2v) is 18.4. The Kier molecular flexibility index (Phi) is 43.5. The van der Waals surface area contributed by atoms with Crippen LogP contribution in [0.25, 0.3) is 0 Å². The van der Waals surface area contributed by atoms with E-state index in [-0.39, 0.29) is 0 Å². The Hall–Kier alpha value is -1.74. The molecule has 0 spiro atoms. The van der Waals surface area contributed by atoms with Crippen molar-refractivity contribution in [3.63, 3.8) is 0 Å². The molecule has 3 unspecified atom stereocenters. The molecule has 3 heteroatoms. The van der Waals surface area contributed by atoms with Crippen LogP contribution in [0.1, 0.15) is 245 Å². The lowest BCUT2D eigenvalue weighted by Gasteiger charge is -2.41. The average molecular weight is 809 g/mol. The van der Waals surface area contributed by atoms with Crippen molar-refractivity contribution in [2.45, 2.75) is 245 Å². The van der Waals surface area contributed by atoms with Gasteiger partial charge < -0.3 is 15.3 Å². The molecule has 1 heterocycles. The molecule has 58 heavy (non-hydrogen) atoms. The quantitative estimate of drug-likeness (QED) is 0.0367. The van der Waals surface area contributed by atoms with Gasteiger partial charge in [-0.05, 0) is 108 Å². The summed E-state index contributed by atoms with van der Waals surface area (Å²) in [5, 5.41) is 10.7. The number of hydrogen-bond donors (Lipinski definition) is 2. The first-order chi connectivity index (χ1) is 28.4. The normalized spacial score (nSPS) is 16.2. The summed E-state index contributed by atoms with van der Waals surface area (Å²) >= 11 is 0. The molecule has 3 atom stereocenters. The summed E-state index contributed by atoms with van der Waals surface area (Å²) in [6.45, 7) is 22.7. The Morgan fingerprint density at radius 2 is 1.07 bits per heavy atom. The minimum Gasteiger partial charge on any atom is -0.516 e. The van der Waals surface area contributed by atoms with E-state index in [4.69, 9.17) is 11.7 Å². The van der Waals surface area contributed by atoms with E-state index in [1.165, 1.54) is 231 Å². The van der Waals surface area contributed by atoms with Crippen LogP contribution in [0, 0.1) is 17.8 Å². The number of piperidine rings is 1. The van der Waals surface area contributed by atoms with Gasteiger partial charge in [-0.15, -0.1) is 0 Å². The van der Waals surface area contributed by atoms with Gasteiger partial charge in [0.1, 0.15) is 0 Å². The number of likely N-dealkylation sites (tertiary alicyclic amines) is 1. The highest BCUT2D eigenvalue weighted by atomic mass is 16.2. The van der Waals surface area contributed by atoms with Crippen molar-refractivity contribution in [1.82, 2.24) is 10.2 Å². The maximum absolute atomic E-state index is 7.33. The Balaban J connectivity index is 0.0000105. The summed E-state index contributed by atoms with van der Waals surface area (Å²) < 4.78 is 0. The molecule has 1 aliphatic heterocycles. The van der Waals surface area contributed by atoms with Crippen molar-refractivity contribution in [3.8, 4) is 0 Å². The van der Waals surface area contributed by atoms with Crippen LogP contribution in [0.2, 0.25) is 0 Å². The van der Waals surface area contributed by atoms with Crippen LogP contribution >= 0.6 is 0 Å². The van der Waals surface area contributed by atoms with Gasteiger partial charge >= 0.3 is 0 Å². The Labute approximate surface area is 365 Å². The maximum Gasteiger partial charge on any atom is 0.0719 e. The van der Waals surface area contributed by atoms with E-state index in [9.17, 15) is 0 Å². The lowest BCUT2D eigenvalue weighted by molar-refractivity contribution is 0.145. The molecule has 0 aromatic rings. The number of allylic oxidation sites excluding steroid dienone is 6. The molecular weight excluding hydrogens is 705 g/mol. The highest BCUT2D eigenvalue weighted by Gasteiger charge is 2.28. The topological polar surface area (TPSA) is 35.5 Å². The van der Waals surface area contributed by atoms with E-state index in [0.717, 1.165) is 43.4 Å². The fourth-order valence-electron chi connectivity index (χ4n) is 9.11. The fraction of sp³-hybridized carbons (Fsp3) is 0.818. The van der Waals surface area contributed by atoms with Crippen molar-refractivity contribution in [3.05, 3.63) is 61.6 Å². The standard InChI is InChI=1S/C53H100N2.C2H4O/c1-7-10-13-16-19-21-22-23-24-25-26-27-30-33-36-41-52-46-53(48-55(47-52)50(5)38-37-44-54-6)45-49(4)42-43-51(39-34-31-28-18-15-12-9-3)40-35-32-29-20-17-14-11-8-2;1-2-3/h19,21,23-24,51-54H,4-5,7-18,20,22,25-48H2,1-3,6H3;2-3H,1H2/b21-19-,24-23-;. The lowest BCUT2D eigenvalue weighted by atomic mass is 9.81. The van der Waals surface area contributed by atoms with E-state index in [2.05, 4.69) is 75.5 Å². The van der Waals surface area contributed by atoms with Gasteiger partial charge in [0.15, 0.2) is 0 Å². The number of hydrogen-bond acceptors (Lipinski definition) is 3. The van der Waals surface area contributed by atoms with Crippen LogP contribution in [0.5, 0.6) is 0 Å². The van der Waals surface area contributed by atoms with Crippen LogP contribution in [-0.4, -0.2) is 36.7 Å². The molecule has 0 aromatic carbocycles. The Bertz CT molecular complexity index is 951. The number of rotatable bonds is 41. The molecule has 340 valence electrons. The van der Waals surface area contributed by atoms with E-state index >= 15 is 0 Å². The van der Waals surface area contributed by atoms with E-state index in [1.54, 1.807) is 5.57 Å². The molecule has 0 saturated carbocycles. The molecule has 0 aromatic heterocycles. The zero-order valence-corrected chi connectivity index (χ0v) is 40.0. The highest BCUT2D eigenvalue weighted by molar-refractivity contribution is 5.02. The first-order valence-electron chi connectivity index (χ1n) is 25.7. The van der Waals surface area contributed by atoms with Gasteiger partial charge in [0, 0.05) is 18.8 Å². The number of nitrogens with one attached hydrogen (secondary N) is 1. The van der Waals surface area contributed by atoms with Crippen molar-refractivity contribution in [2.75, 3.05) is 26.7 Å². The SMILES string of the molecule is C=C(CCC(CCCCCCCCC)CCCCCCCCCC)CC1CC(CCCCCCC/C=C\C/C=C\CCCCC)CN(C(=C)CCCNC)C1.C=CO. The number of aliphatic hydroxyl groups excluding tert-OH is 1. The fourth-order valence-corrected chi connectivity index (χ4v) is 9.11. The molecule has 0 amide bonds. The maximum atomic E-state index is 7.33. The molecule has 0 radical (unpaired) electrons. The second kappa shape index (κ2) is 44.8. The summed E-state index contributed by atoms with van der Waals surface area (Å²) in [5.41, 5.74) is 2.93. The third kappa shape index (κ3) is 37.3. The predicted molar refractivity (Wildman–Crippen MR) is 264 cm³/mol. The first kappa shape index (κ1) is 56.3. The summed E-state index contributed by atoms with van der Waals surface area (Å²) in [6.07, 6.45) is 58.2. The minimum absolute atomic E-state index is 0.750. The lowest BCUT2D eigenvalue weighted by Crippen LogP contribution is -2.40. The van der Waals surface area contributed by atoms with E-state index in [0.29, 0.717) is 0 Å². The van der Waals surface area contributed by atoms with Gasteiger partial charge in [0.2, 0.25) is 0 Å². The highest BCUT2D eigenvalue weighted by Crippen LogP contribution is 2.34. The minimum atomic E-state index is 0.750. The molecule has 0 aliphatic carbocycles. The predicted octanol–water partition coefficient (Wildman–Crippen LogP) is 18.0. The van der Waals surface area contributed by atoms with E-state index < -0.39 is 0 Å². The molecule has 3 nitrogen and oxygen atoms in total. The van der Waals surface area contributed by atoms with Crippen molar-refractivity contribution in [1.29, 1.82) is 0 Å². The molecule has 1 rings (SSSR count). The summed E-state index contributed by atoms with van der Waals surface area (Å²) in [6, 6.07) is 0. The van der Waals surface area contributed by atoms with Crippen LogP contribution in [0.3, 0.4) is 0 Å². The van der Waals surface area contributed by atoms with Gasteiger partial charge in [-0.2, -0.15) is 0 Å². The van der Waals surface area contributed by atoms with Gasteiger partial charge in [0.25, 0.3) is 0 Å². The largest absolute Gasteiger partial charge is 0.516 e. The molecule has 1 saturated heterocycles. The zero-order valence-electron chi connectivity index (χ0n) is 40.0. The van der Waals surface area contributed by atoms with Crippen molar-refractivity contribution >= 4 is 0 Å². The third-order valence-corrected chi connectivity index (χ3v) is 12.7. The Morgan fingerprint density at radius 3 is 1.62 bits per heavy atom. The summed E-state index contributed by atoms with van der Waals surface area (Å²) in [7, 11) is 2.07. The van der Waals surface area contributed by atoms with Gasteiger partial charge in [-0.3, -0.25) is 0 Å². The zero-order chi connectivity index (χ0) is 42.6. The molecule has 1 aliphatic rings. The first-order valence-corrected chi connectivity index (χ1v) is 25.7. The van der Waals surface area contributed by atoms with Gasteiger partial charge in [-0.25, -0.2) is 0 Å².